The number of fused-ring (bicyclic) bond motifs is 1. The van der Waals surface area contributed by atoms with Crippen LogP contribution in [-0.2, 0) is 17.8 Å². The van der Waals surface area contributed by atoms with Crippen molar-refractivity contribution in [2.24, 2.45) is 0 Å². The Morgan fingerprint density at radius 2 is 1.77 bits per heavy atom. The molecule has 118 valence electrons. The molecule has 0 unspecified atom stereocenters. The minimum absolute atomic E-state index is 0.00534. The number of nitrogens with zero attached hydrogens (tertiary/aromatic N) is 2. The Kier molecular flexibility index (Phi) is 4.87. The van der Waals surface area contributed by atoms with Gasteiger partial charge in [0.15, 0.2) is 0 Å². The zero-order chi connectivity index (χ0) is 15.4. The summed E-state index contributed by atoms with van der Waals surface area (Å²) in [5.74, 6) is 1.95. The van der Waals surface area contributed by atoms with Crippen molar-refractivity contribution in [3.8, 4) is 0 Å². The van der Waals surface area contributed by atoms with Crippen LogP contribution in [0.2, 0.25) is 0 Å². The molecule has 1 saturated heterocycles. The predicted molar refractivity (Wildman–Crippen MR) is 87.9 cm³/mol. The van der Waals surface area contributed by atoms with Crippen LogP contribution in [0.5, 0.6) is 0 Å². The van der Waals surface area contributed by atoms with Gasteiger partial charge >= 0.3 is 6.03 Å². The van der Waals surface area contributed by atoms with Gasteiger partial charge in [0.1, 0.15) is 0 Å². The van der Waals surface area contributed by atoms with Crippen LogP contribution in [0.15, 0.2) is 24.3 Å². The van der Waals surface area contributed by atoms with Gasteiger partial charge < -0.3 is 15.1 Å². The van der Waals surface area contributed by atoms with Crippen molar-refractivity contribution in [3.05, 3.63) is 35.4 Å². The lowest BCUT2D eigenvalue weighted by molar-refractivity contribution is -0.131. The summed E-state index contributed by atoms with van der Waals surface area (Å²) in [6.07, 6.45) is 0.888. The van der Waals surface area contributed by atoms with Crippen LogP contribution in [0, 0.1) is 0 Å². The van der Waals surface area contributed by atoms with Gasteiger partial charge in [0, 0.05) is 37.7 Å². The molecule has 2 aliphatic rings. The van der Waals surface area contributed by atoms with Crippen LogP contribution in [-0.4, -0.2) is 59.4 Å². The number of nitrogens with one attached hydrogen (secondary N) is 1. The van der Waals surface area contributed by atoms with E-state index in [1.165, 1.54) is 11.1 Å². The monoisotopic (exact) mass is 319 g/mol. The normalized spacial score (nSPS) is 17.8. The molecule has 1 N–H and O–H groups in total. The average Bonchev–Trinajstić information content (AvgIpc) is 2.59. The van der Waals surface area contributed by atoms with E-state index >= 15 is 0 Å². The second kappa shape index (κ2) is 7.05. The fourth-order valence-corrected chi connectivity index (χ4v) is 3.75. The first kappa shape index (κ1) is 15.2. The van der Waals surface area contributed by atoms with Crippen molar-refractivity contribution < 1.29 is 9.59 Å². The lowest BCUT2D eigenvalue weighted by Gasteiger charge is -2.30. The summed E-state index contributed by atoms with van der Waals surface area (Å²) < 4.78 is 0. The van der Waals surface area contributed by atoms with E-state index in [1.807, 2.05) is 28.8 Å². The van der Waals surface area contributed by atoms with Crippen molar-refractivity contribution in [2.75, 3.05) is 37.7 Å². The minimum atomic E-state index is -0.119. The average molecular weight is 319 g/mol. The molecule has 0 aromatic heterocycles. The van der Waals surface area contributed by atoms with Gasteiger partial charge in [0.2, 0.25) is 5.91 Å². The van der Waals surface area contributed by atoms with Gasteiger partial charge in [0.05, 0.1) is 6.54 Å². The lowest BCUT2D eigenvalue weighted by Crippen LogP contribution is -2.48. The third-order valence-corrected chi connectivity index (χ3v) is 5.11. The molecule has 1 fully saturated rings. The first-order valence-corrected chi connectivity index (χ1v) is 8.84. The molecular weight excluding hydrogens is 298 g/mol. The summed E-state index contributed by atoms with van der Waals surface area (Å²) in [6.45, 7) is 2.99. The molecule has 5 nitrogen and oxygen atoms in total. The van der Waals surface area contributed by atoms with Crippen molar-refractivity contribution in [1.29, 1.82) is 0 Å². The zero-order valence-corrected chi connectivity index (χ0v) is 13.4. The van der Waals surface area contributed by atoms with Gasteiger partial charge in [-0.1, -0.05) is 24.3 Å². The lowest BCUT2D eigenvalue weighted by atomic mass is 10.00. The highest BCUT2D eigenvalue weighted by Gasteiger charge is 2.22. The molecule has 1 aromatic rings. The van der Waals surface area contributed by atoms with E-state index in [0.29, 0.717) is 6.54 Å². The predicted octanol–water partition coefficient (Wildman–Crippen LogP) is 1.33. The highest BCUT2D eigenvalue weighted by Crippen LogP contribution is 2.18. The summed E-state index contributed by atoms with van der Waals surface area (Å²) in [5, 5.41) is 2.76. The summed E-state index contributed by atoms with van der Waals surface area (Å²) in [4.78, 5) is 27.9. The third kappa shape index (κ3) is 3.55. The highest BCUT2D eigenvalue weighted by molar-refractivity contribution is 7.99. The Balaban J connectivity index is 1.49. The fourth-order valence-electron chi connectivity index (χ4n) is 2.85. The number of urea groups is 1. The fraction of sp³-hybridized carbons (Fsp3) is 0.500. The molecule has 0 bridgehead atoms. The van der Waals surface area contributed by atoms with E-state index < -0.39 is 0 Å². The summed E-state index contributed by atoms with van der Waals surface area (Å²) >= 11 is 1.86. The van der Waals surface area contributed by atoms with Crippen molar-refractivity contribution >= 4 is 23.7 Å². The number of rotatable bonds is 2. The van der Waals surface area contributed by atoms with Gasteiger partial charge in [0.25, 0.3) is 0 Å². The molecule has 0 saturated carbocycles. The van der Waals surface area contributed by atoms with Crippen LogP contribution >= 0.6 is 11.8 Å². The van der Waals surface area contributed by atoms with Gasteiger partial charge in [-0.05, 0) is 17.5 Å². The van der Waals surface area contributed by atoms with Crippen LogP contribution < -0.4 is 5.32 Å². The van der Waals surface area contributed by atoms with E-state index in [-0.39, 0.29) is 18.5 Å². The minimum Gasteiger partial charge on any atom is -0.336 e. The first-order chi connectivity index (χ1) is 10.7. The number of thioether (sulfide) groups is 1. The van der Waals surface area contributed by atoms with E-state index in [1.54, 1.807) is 4.90 Å². The Morgan fingerprint density at radius 1 is 1.05 bits per heavy atom. The molecule has 3 rings (SSSR count). The van der Waals surface area contributed by atoms with Crippen LogP contribution in [0.4, 0.5) is 4.79 Å². The van der Waals surface area contributed by atoms with Crippen molar-refractivity contribution in [1.82, 2.24) is 15.1 Å². The van der Waals surface area contributed by atoms with Crippen LogP contribution in [0.3, 0.4) is 0 Å². The highest BCUT2D eigenvalue weighted by atomic mass is 32.2. The standard InChI is InChI=1S/C16H21N3O2S/c20-15(11-17-16(21)18-7-9-22-10-8-18)19-6-5-13-3-1-2-4-14(13)12-19/h1-4H,5-12H2,(H,17,21). The maximum Gasteiger partial charge on any atom is 0.317 e. The molecule has 0 aliphatic carbocycles. The maximum absolute atomic E-state index is 12.3. The molecule has 6 heteroatoms. The molecule has 1 aromatic carbocycles. The number of carbonyl (C=O) groups excluding carboxylic acids is 2. The number of carbonyl (C=O) groups is 2. The first-order valence-electron chi connectivity index (χ1n) is 7.69. The second-order valence-corrected chi connectivity index (χ2v) is 6.82. The topological polar surface area (TPSA) is 52.7 Å². The number of benzene rings is 1. The molecule has 2 heterocycles. The van der Waals surface area contributed by atoms with Gasteiger partial charge in [-0.15, -0.1) is 0 Å². The third-order valence-electron chi connectivity index (χ3n) is 4.17. The van der Waals surface area contributed by atoms with Gasteiger partial charge in [-0.25, -0.2) is 4.79 Å². The zero-order valence-electron chi connectivity index (χ0n) is 12.6. The summed E-state index contributed by atoms with van der Waals surface area (Å²) in [7, 11) is 0. The number of amides is 3. The Morgan fingerprint density at radius 3 is 2.55 bits per heavy atom. The van der Waals surface area contributed by atoms with E-state index in [0.717, 1.165) is 37.6 Å². The summed E-state index contributed by atoms with van der Waals surface area (Å²) in [6, 6.07) is 8.11. The molecule has 0 spiro atoms. The van der Waals surface area contributed by atoms with E-state index in [4.69, 9.17) is 0 Å². The van der Waals surface area contributed by atoms with Crippen LogP contribution in [0.1, 0.15) is 11.1 Å². The van der Waals surface area contributed by atoms with Crippen LogP contribution in [0.25, 0.3) is 0 Å². The summed E-state index contributed by atoms with van der Waals surface area (Å²) in [5.41, 5.74) is 2.53. The number of hydrogen-bond donors (Lipinski definition) is 1. The molecular formula is C16H21N3O2S. The van der Waals surface area contributed by atoms with Gasteiger partial charge in [-0.2, -0.15) is 11.8 Å². The molecule has 0 radical (unpaired) electrons. The van der Waals surface area contributed by atoms with Crippen molar-refractivity contribution in [2.45, 2.75) is 13.0 Å². The molecule has 2 aliphatic heterocycles. The Labute approximate surface area is 135 Å². The number of hydrogen-bond acceptors (Lipinski definition) is 3. The van der Waals surface area contributed by atoms with E-state index in [2.05, 4.69) is 17.4 Å². The quantitative estimate of drug-likeness (QED) is 0.895. The largest absolute Gasteiger partial charge is 0.336 e. The maximum atomic E-state index is 12.3. The molecule has 3 amide bonds. The second-order valence-electron chi connectivity index (χ2n) is 5.59. The SMILES string of the molecule is O=C(CNC(=O)N1CCSCC1)N1CCc2ccccc2C1. The Hall–Kier alpha value is -1.69. The Bertz CT molecular complexity index is 558. The van der Waals surface area contributed by atoms with Crippen molar-refractivity contribution in [3.63, 3.8) is 0 Å². The smallest absolute Gasteiger partial charge is 0.317 e. The van der Waals surface area contributed by atoms with Gasteiger partial charge in [-0.3, -0.25) is 4.79 Å². The van der Waals surface area contributed by atoms with E-state index in [9.17, 15) is 9.59 Å². The molecule has 0 atom stereocenters. The molecule has 22 heavy (non-hydrogen) atoms.